The lowest BCUT2D eigenvalue weighted by Crippen LogP contribution is -2.37. The first kappa shape index (κ1) is 15.8. The molecule has 1 amide bonds. The number of nitrogens with two attached hydrogens (primary N) is 1. The van der Waals surface area contributed by atoms with Crippen molar-refractivity contribution in [2.45, 2.75) is 38.1 Å². The van der Waals surface area contributed by atoms with Gasteiger partial charge in [-0.3, -0.25) is 4.79 Å². The van der Waals surface area contributed by atoms with Crippen molar-refractivity contribution in [2.24, 2.45) is 0 Å². The number of carbonyl (C=O) groups is 1. The van der Waals surface area contributed by atoms with Gasteiger partial charge in [-0.15, -0.1) is 0 Å². The van der Waals surface area contributed by atoms with Gasteiger partial charge in [-0.2, -0.15) is 4.31 Å². The number of sulfonamides is 1. The SMILES string of the molecule is CC(=O)NC1CCN(S(=O)(=O)c2cc(N)cc(C)c2C)C1. The van der Waals surface area contributed by atoms with E-state index < -0.39 is 10.0 Å². The average Bonchev–Trinajstić information content (AvgIpc) is 2.81. The molecule has 1 aliphatic rings. The molecule has 116 valence electrons. The molecule has 6 nitrogen and oxygen atoms in total. The Labute approximate surface area is 125 Å². The molecule has 0 saturated carbocycles. The summed E-state index contributed by atoms with van der Waals surface area (Å²) in [6.07, 6.45) is 0.624. The Morgan fingerprint density at radius 1 is 1.38 bits per heavy atom. The van der Waals surface area contributed by atoms with Crippen LogP contribution in [0.25, 0.3) is 0 Å². The molecule has 3 N–H and O–H groups in total. The van der Waals surface area contributed by atoms with Gasteiger partial charge < -0.3 is 11.1 Å². The van der Waals surface area contributed by atoms with Crippen LogP contribution < -0.4 is 11.1 Å². The Hall–Kier alpha value is -1.60. The van der Waals surface area contributed by atoms with E-state index in [1.54, 1.807) is 13.0 Å². The molecule has 0 bridgehead atoms. The van der Waals surface area contributed by atoms with Crippen LogP contribution in [0.4, 0.5) is 5.69 Å². The van der Waals surface area contributed by atoms with Gasteiger partial charge in [-0.05, 0) is 43.5 Å². The zero-order valence-corrected chi connectivity index (χ0v) is 13.3. The predicted molar refractivity (Wildman–Crippen MR) is 81.3 cm³/mol. The first-order valence-electron chi connectivity index (χ1n) is 6.86. The molecule has 21 heavy (non-hydrogen) atoms. The molecule has 1 heterocycles. The highest BCUT2D eigenvalue weighted by atomic mass is 32.2. The van der Waals surface area contributed by atoms with Crippen molar-refractivity contribution >= 4 is 21.6 Å². The zero-order chi connectivity index (χ0) is 15.8. The van der Waals surface area contributed by atoms with E-state index >= 15 is 0 Å². The smallest absolute Gasteiger partial charge is 0.243 e. The van der Waals surface area contributed by atoms with Crippen molar-refractivity contribution in [3.05, 3.63) is 23.3 Å². The lowest BCUT2D eigenvalue weighted by molar-refractivity contribution is -0.119. The van der Waals surface area contributed by atoms with E-state index in [1.165, 1.54) is 17.3 Å². The number of aryl methyl sites for hydroxylation is 1. The van der Waals surface area contributed by atoms with Crippen LogP contribution in [0.2, 0.25) is 0 Å². The number of hydrogen-bond acceptors (Lipinski definition) is 4. The fraction of sp³-hybridized carbons (Fsp3) is 0.500. The Balaban J connectivity index is 2.30. The lowest BCUT2D eigenvalue weighted by Gasteiger charge is -2.19. The van der Waals surface area contributed by atoms with Gasteiger partial charge in [0.2, 0.25) is 15.9 Å². The van der Waals surface area contributed by atoms with E-state index in [1.807, 2.05) is 6.92 Å². The van der Waals surface area contributed by atoms with Gasteiger partial charge in [-0.1, -0.05) is 0 Å². The van der Waals surface area contributed by atoms with E-state index in [-0.39, 0.29) is 16.8 Å². The number of amides is 1. The number of anilines is 1. The Kier molecular flexibility index (Phi) is 4.25. The molecule has 1 unspecified atom stereocenters. The molecule has 0 spiro atoms. The van der Waals surface area contributed by atoms with Crippen molar-refractivity contribution < 1.29 is 13.2 Å². The number of rotatable bonds is 3. The summed E-state index contributed by atoms with van der Waals surface area (Å²) in [6, 6.07) is 3.14. The third kappa shape index (κ3) is 3.19. The molecule has 1 fully saturated rings. The third-order valence-corrected chi connectivity index (χ3v) is 5.81. The summed E-state index contributed by atoms with van der Waals surface area (Å²) in [5.74, 6) is -0.143. The molecular weight excluding hydrogens is 290 g/mol. The van der Waals surface area contributed by atoms with Crippen molar-refractivity contribution in [3.63, 3.8) is 0 Å². The minimum Gasteiger partial charge on any atom is -0.399 e. The largest absolute Gasteiger partial charge is 0.399 e. The fourth-order valence-electron chi connectivity index (χ4n) is 2.61. The average molecular weight is 311 g/mol. The summed E-state index contributed by atoms with van der Waals surface area (Å²) in [5.41, 5.74) is 7.78. The maximum Gasteiger partial charge on any atom is 0.243 e. The number of nitrogen functional groups attached to an aromatic ring is 1. The molecule has 7 heteroatoms. The zero-order valence-electron chi connectivity index (χ0n) is 12.5. The second-order valence-electron chi connectivity index (χ2n) is 5.51. The summed E-state index contributed by atoms with van der Waals surface area (Å²) >= 11 is 0. The highest BCUT2D eigenvalue weighted by Crippen LogP contribution is 2.27. The molecule has 1 aliphatic heterocycles. The van der Waals surface area contributed by atoms with Crippen molar-refractivity contribution in [1.29, 1.82) is 0 Å². The van der Waals surface area contributed by atoms with Gasteiger partial charge in [0.05, 0.1) is 4.90 Å². The highest BCUT2D eigenvalue weighted by Gasteiger charge is 2.34. The molecule has 1 aromatic rings. The molecule has 0 aliphatic carbocycles. The van der Waals surface area contributed by atoms with E-state index in [4.69, 9.17) is 5.73 Å². The lowest BCUT2D eigenvalue weighted by atomic mass is 10.1. The van der Waals surface area contributed by atoms with Gasteiger partial charge in [0.1, 0.15) is 0 Å². The molecular formula is C14H21N3O3S. The monoisotopic (exact) mass is 311 g/mol. The van der Waals surface area contributed by atoms with Gasteiger partial charge in [0, 0.05) is 31.7 Å². The van der Waals surface area contributed by atoms with Crippen LogP contribution in [-0.4, -0.2) is 37.8 Å². The summed E-state index contributed by atoms with van der Waals surface area (Å²) < 4.78 is 26.9. The summed E-state index contributed by atoms with van der Waals surface area (Å²) in [4.78, 5) is 11.3. The summed E-state index contributed by atoms with van der Waals surface area (Å²) in [6.45, 7) is 5.76. The molecule has 1 atom stereocenters. The van der Waals surface area contributed by atoms with Crippen molar-refractivity contribution in [1.82, 2.24) is 9.62 Å². The van der Waals surface area contributed by atoms with E-state index in [0.717, 1.165) is 5.56 Å². The van der Waals surface area contributed by atoms with Crippen LogP contribution in [-0.2, 0) is 14.8 Å². The molecule has 1 saturated heterocycles. The molecule has 2 rings (SSSR count). The van der Waals surface area contributed by atoms with Gasteiger partial charge in [0.15, 0.2) is 0 Å². The fourth-order valence-corrected chi connectivity index (χ4v) is 4.45. The minimum atomic E-state index is -3.58. The van der Waals surface area contributed by atoms with E-state index in [0.29, 0.717) is 30.8 Å². The summed E-state index contributed by atoms with van der Waals surface area (Å²) in [5, 5.41) is 2.76. The maximum absolute atomic E-state index is 12.7. The number of benzene rings is 1. The van der Waals surface area contributed by atoms with E-state index in [2.05, 4.69) is 5.32 Å². The van der Waals surface area contributed by atoms with Crippen molar-refractivity contribution in [2.75, 3.05) is 18.8 Å². The van der Waals surface area contributed by atoms with E-state index in [9.17, 15) is 13.2 Å². The third-order valence-electron chi connectivity index (χ3n) is 3.82. The van der Waals surface area contributed by atoms with Crippen molar-refractivity contribution in [3.8, 4) is 0 Å². The van der Waals surface area contributed by atoms with Crippen LogP contribution in [0, 0.1) is 13.8 Å². The second-order valence-corrected chi connectivity index (χ2v) is 7.42. The Morgan fingerprint density at radius 3 is 2.67 bits per heavy atom. The molecule has 1 aromatic carbocycles. The number of nitrogens with zero attached hydrogens (tertiary/aromatic N) is 1. The Morgan fingerprint density at radius 2 is 2.05 bits per heavy atom. The molecule has 0 aromatic heterocycles. The number of carbonyl (C=O) groups excluding carboxylic acids is 1. The number of nitrogens with one attached hydrogen (secondary N) is 1. The van der Waals surface area contributed by atoms with Gasteiger partial charge in [-0.25, -0.2) is 8.42 Å². The van der Waals surface area contributed by atoms with Crippen LogP contribution in [0.5, 0.6) is 0 Å². The topological polar surface area (TPSA) is 92.5 Å². The number of hydrogen-bond donors (Lipinski definition) is 2. The van der Waals surface area contributed by atoms with Crippen LogP contribution in [0.3, 0.4) is 0 Å². The second kappa shape index (κ2) is 5.65. The van der Waals surface area contributed by atoms with Crippen LogP contribution in [0.15, 0.2) is 17.0 Å². The van der Waals surface area contributed by atoms with Crippen LogP contribution >= 0.6 is 0 Å². The maximum atomic E-state index is 12.7. The highest BCUT2D eigenvalue weighted by molar-refractivity contribution is 7.89. The predicted octanol–water partition coefficient (Wildman–Crippen LogP) is 0.785. The van der Waals surface area contributed by atoms with Gasteiger partial charge >= 0.3 is 0 Å². The van der Waals surface area contributed by atoms with Crippen LogP contribution in [0.1, 0.15) is 24.5 Å². The standard InChI is InChI=1S/C14H21N3O3S/c1-9-6-12(15)7-14(10(9)2)21(19,20)17-5-4-13(8-17)16-11(3)18/h6-7,13H,4-5,8,15H2,1-3H3,(H,16,18). The Bertz CT molecular complexity index is 670. The quantitative estimate of drug-likeness (QED) is 0.807. The minimum absolute atomic E-state index is 0.125. The normalized spacial score (nSPS) is 19.7. The summed E-state index contributed by atoms with van der Waals surface area (Å²) in [7, 11) is -3.58. The molecule has 0 radical (unpaired) electrons. The first-order valence-corrected chi connectivity index (χ1v) is 8.30. The van der Waals surface area contributed by atoms with Gasteiger partial charge in [0.25, 0.3) is 0 Å². The first-order chi connectivity index (χ1) is 9.71.